The zero-order valence-corrected chi connectivity index (χ0v) is 24.0. The van der Waals surface area contributed by atoms with Gasteiger partial charge in [0, 0.05) is 59.1 Å². The zero-order chi connectivity index (χ0) is 28.0. The Morgan fingerprint density at radius 1 is 1.23 bits per heavy atom. The molecule has 0 bridgehead atoms. The van der Waals surface area contributed by atoms with Crippen molar-refractivity contribution in [2.24, 2.45) is 0 Å². The molecule has 2 N–H and O–H groups in total. The molecule has 0 radical (unpaired) electrons. The van der Waals surface area contributed by atoms with Gasteiger partial charge in [-0.3, -0.25) is 9.78 Å². The Kier molecular flexibility index (Phi) is 6.95. The van der Waals surface area contributed by atoms with Crippen molar-refractivity contribution in [3.63, 3.8) is 0 Å². The lowest BCUT2D eigenvalue weighted by Crippen LogP contribution is -2.40. The number of fused-ring (bicyclic) bond motifs is 2. The summed E-state index contributed by atoms with van der Waals surface area (Å²) in [5.41, 5.74) is 6.68. The highest BCUT2D eigenvalue weighted by Gasteiger charge is 2.33. The molecule has 8 nitrogen and oxygen atoms in total. The number of aliphatic hydroxyl groups excluding tert-OH is 1. The number of aromatic nitrogens is 3. The Bertz CT molecular complexity index is 1680. The van der Waals surface area contributed by atoms with Gasteiger partial charge in [0.15, 0.2) is 0 Å². The molecule has 5 heterocycles. The number of hydrogen-bond donors (Lipinski definition) is 2. The molecule has 0 unspecified atom stereocenters. The van der Waals surface area contributed by atoms with Crippen LogP contribution in [0.4, 0.5) is 5.69 Å². The maximum absolute atomic E-state index is 12.9. The van der Waals surface area contributed by atoms with Crippen LogP contribution >= 0.6 is 11.3 Å². The summed E-state index contributed by atoms with van der Waals surface area (Å²) in [4.78, 5) is 21.0. The minimum absolute atomic E-state index is 0.110. The molecule has 6 rings (SSSR count). The van der Waals surface area contributed by atoms with Gasteiger partial charge in [-0.05, 0) is 60.1 Å². The maximum Gasteiger partial charge on any atom is 0.267 e. The van der Waals surface area contributed by atoms with E-state index in [2.05, 4.69) is 47.1 Å². The normalized spacial score (nSPS) is 19.1. The molecule has 9 heteroatoms. The molecule has 2 aliphatic rings. The third-order valence-corrected chi connectivity index (χ3v) is 9.25. The summed E-state index contributed by atoms with van der Waals surface area (Å²) < 4.78 is 2.54. The Hall–Kier alpha value is -3.58. The topological polar surface area (TPSA) is 107 Å². The fourth-order valence-electron chi connectivity index (χ4n) is 5.97. The van der Waals surface area contributed by atoms with Gasteiger partial charge < -0.3 is 15.3 Å². The van der Waals surface area contributed by atoms with Crippen LogP contribution in [-0.2, 0) is 18.4 Å². The third-order valence-electron chi connectivity index (χ3n) is 8.10. The van der Waals surface area contributed by atoms with Crippen LogP contribution in [0.2, 0.25) is 0 Å². The van der Waals surface area contributed by atoms with Gasteiger partial charge in [0.2, 0.25) is 0 Å². The summed E-state index contributed by atoms with van der Waals surface area (Å²) in [5.74, 6) is 0. The summed E-state index contributed by atoms with van der Waals surface area (Å²) in [7, 11) is 0. The average molecular weight is 555 g/mol. The van der Waals surface area contributed by atoms with Crippen LogP contribution in [0.15, 0.2) is 47.5 Å². The molecule has 206 valence electrons. The van der Waals surface area contributed by atoms with E-state index < -0.39 is 0 Å². The van der Waals surface area contributed by atoms with Crippen molar-refractivity contribution in [3.8, 4) is 17.2 Å². The number of nitrogens with one attached hydrogen (secondary N) is 1. The summed E-state index contributed by atoms with van der Waals surface area (Å²) >= 11 is 1.62. The van der Waals surface area contributed by atoms with Crippen LogP contribution in [0.3, 0.4) is 0 Å². The quantitative estimate of drug-likeness (QED) is 0.381. The molecule has 1 saturated heterocycles. The lowest BCUT2D eigenvalue weighted by atomic mass is 9.89. The summed E-state index contributed by atoms with van der Waals surface area (Å²) in [6.07, 6.45) is 6.47. The second kappa shape index (κ2) is 10.4. The summed E-state index contributed by atoms with van der Waals surface area (Å²) in [5, 5.41) is 27.5. The van der Waals surface area contributed by atoms with Crippen molar-refractivity contribution in [3.05, 3.63) is 74.6 Å². The molecule has 4 aromatic rings. The number of nitriles is 1. The van der Waals surface area contributed by atoms with Gasteiger partial charge in [-0.15, -0.1) is 11.3 Å². The van der Waals surface area contributed by atoms with E-state index in [1.807, 2.05) is 30.5 Å². The zero-order valence-electron chi connectivity index (χ0n) is 23.1. The van der Waals surface area contributed by atoms with Crippen molar-refractivity contribution < 1.29 is 5.11 Å². The highest BCUT2D eigenvalue weighted by atomic mass is 32.1. The van der Waals surface area contributed by atoms with Crippen LogP contribution in [0.25, 0.3) is 21.3 Å². The number of rotatable bonds is 5. The molecule has 1 aromatic carbocycles. The first-order chi connectivity index (χ1) is 19.2. The number of thiophene rings is 1. The van der Waals surface area contributed by atoms with E-state index >= 15 is 0 Å². The number of aliphatic hydroxyl groups is 1. The van der Waals surface area contributed by atoms with Crippen molar-refractivity contribution in [2.75, 3.05) is 24.6 Å². The highest BCUT2D eigenvalue weighted by molar-refractivity contribution is 7.19. The van der Waals surface area contributed by atoms with Gasteiger partial charge in [0.1, 0.15) is 0 Å². The molecule has 0 saturated carbocycles. The maximum atomic E-state index is 12.9. The molecule has 0 spiro atoms. The molecule has 0 amide bonds. The van der Waals surface area contributed by atoms with Crippen LogP contribution in [-0.4, -0.2) is 51.7 Å². The van der Waals surface area contributed by atoms with Gasteiger partial charge in [-0.2, -0.15) is 10.4 Å². The van der Waals surface area contributed by atoms with Crippen molar-refractivity contribution in [1.29, 1.82) is 5.26 Å². The lowest BCUT2D eigenvalue weighted by Gasteiger charge is -2.38. The number of pyridine rings is 1. The second-order valence-corrected chi connectivity index (χ2v) is 13.0. The molecular weight excluding hydrogens is 520 g/mol. The smallest absolute Gasteiger partial charge is 0.267 e. The minimum Gasteiger partial charge on any atom is -0.395 e. The van der Waals surface area contributed by atoms with Crippen LogP contribution in [0.5, 0.6) is 0 Å². The van der Waals surface area contributed by atoms with Crippen molar-refractivity contribution in [1.82, 2.24) is 20.1 Å². The van der Waals surface area contributed by atoms with Crippen LogP contribution in [0, 0.1) is 11.3 Å². The van der Waals surface area contributed by atoms with E-state index in [4.69, 9.17) is 0 Å². The van der Waals surface area contributed by atoms with Gasteiger partial charge in [0.25, 0.3) is 5.56 Å². The first-order valence-corrected chi connectivity index (χ1v) is 14.7. The second-order valence-electron chi connectivity index (χ2n) is 11.9. The molecule has 1 fully saturated rings. The molecule has 2 aliphatic heterocycles. The Morgan fingerprint density at radius 2 is 2.08 bits per heavy atom. The molecular formula is C31H34N6O2S. The highest BCUT2D eigenvalue weighted by Crippen LogP contribution is 2.44. The fraction of sp³-hybridized carbons (Fsp3) is 0.419. The Morgan fingerprint density at radius 3 is 2.80 bits per heavy atom. The van der Waals surface area contributed by atoms with Crippen molar-refractivity contribution in [2.45, 2.75) is 64.1 Å². The van der Waals surface area contributed by atoms with E-state index in [0.717, 1.165) is 64.1 Å². The predicted octanol–water partition coefficient (Wildman–Crippen LogP) is 4.21. The van der Waals surface area contributed by atoms with E-state index in [9.17, 15) is 15.2 Å². The van der Waals surface area contributed by atoms with E-state index in [1.165, 1.54) is 15.9 Å². The number of anilines is 1. The SMILES string of the molecule is CC(C)(C)c1cnn(Cc2cc3nccc(-c4cc(C#N)cc5c4N([C@@H]4CN[C@@H](CO)C4)CCC5)c3s2)c(=O)c1. The molecule has 2 atom stereocenters. The van der Waals surface area contributed by atoms with Gasteiger partial charge >= 0.3 is 0 Å². The monoisotopic (exact) mass is 554 g/mol. The van der Waals surface area contributed by atoms with E-state index in [1.54, 1.807) is 23.6 Å². The molecule has 3 aromatic heterocycles. The largest absolute Gasteiger partial charge is 0.395 e. The molecule has 40 heavy (non-hydrogen) atoms. The Labute approximate surface area is 237 Å². The number of hydrogen-bond acceptors (Lipinski definition) is 8. The van der Waals surface area contributed by atoms with Gasteiger partial charge in [0.05, 0.1) is 41.2 Å². The third kappa shape index (κ3) is 4.92. The van der Waals surface area contributed by atoms with Crippen LogP contribution in [0.1, 0.15) is 55.2 Å². The van der Waals surface area contributed by atoms with E-state index in [0.29, 0.717) is 12.1 Å². The first-order valence-electron chi connectivity index (χ1n) is 13.9. The predicted molar refractivity (Wildman–Crippen MR) is 159 cm³/mol. The van der Waals surface area contributed by atoms with Gasteiger partial charge in [-0.25, -0.2) is 4.68 Å². The summed E-state index contributed by atoms with van der Waals surface area (Å²) in [6.45, 7) is 8.50. The number of nitrogens with zero attached hydrogens (tertiary/aromatic N) is 5. The first kappa shape index (κ1) is 26.6. The standard InChI is InChI=1S/C31H34N6O2S/c1-31(2,3)21-11-28(39)37(35-15-21)17-24-13-27-30(40-24)25(6-7-33-27)26-10-19(14-32)9-20-5-4-8-36(29(20)26)23-12-22(18-38)34-16-23/h6-7,9-11,13,15,22-23,34,38H,4-5,8,12,16-18H2,1-3H3/t22-,23+/m1/s1. The number of aryl methyl sites for hydroxylation is 1. The fourth-order valence-corrected chi connectivity index (χ4v) is 7.10. The van der Waals surface area contributed by atoms with Crippen molar-refractivity contribution >= 4 is 27.2 Å². The van der Waals surface area contributed by atoms with E-state index in [-0.39, 0.29) is 29.7 Å². The molecule has 0 aliphatic carbocycles. The van der Waals surface area contributed by atoms with Crippen LogP contribution < -0.4 is 15.8 Å². The van der Waals surface area contributed by atoms with Gasteiger partial charge in [-0.1, -0.05) is 20.8 Å². The average Bonchev–Trinajstić information content (AvgIpc) is 3.59. The number of benzene rings is 1. The Balaban J connectivity index is 1.42. The lowest BCUT2D eigenvalue weighted by molar-refractivity contribution is 0.254. The minimum atomic E-state index is -0.139. The summed E-state index contributed by atoms with van der Waals surface area (Å²) in [6, 6.07) is 12.6.